The van der Waals surface area contributed by atoms with Gasteiger partial charge in [0.1, 0.15) is 11.9 Å². The van der Waals surface area contributed by atoms with Crippen LogP contribution in [-0.2, 0) is 10.2 Å². The highest BCUT2D eigenvalue weighted by molar-refractivity contribution is 7.19. The highest BCUT2D eigenvalue weighted by Gasteiger charge is 2.33. The van der Waals surface area contributed by atoms with Crippen LogP contribution in [0.5, 0.6) is 0 Å². The minimum Gasteiger partial charge on any atom is -0.368 e. The summed E-state index contributed by atoms with van der Waals surface area (Å²) in [5.41, 5.74) is 6.81. The molecule has 0 saturated carbocycles. The van der Waals surface area contributed by atoms with Crippen LogP contribution in [-0.4, -0.2) is 44.4 Å². The van der Waals surface area contributed by atoms with Crippen LogP contribution in [0, 0.1) is 12.8 Å². The summed E-state index contributed by atoms with van der Waals surface area (Å²) in [4.78, 5) is 40.2. The van der Waals surface area contributed by atoms with E-state index in [-0.39, 0.29) is 11.4 Å². The van der Waals surface area contributed by atoms with Gasteiger partial charge >= 0.3 is 6.03 Å². The van der Waals surface area contributed by atoms with Gasteiger partial charge in [-0.1, -0.05) is 39.0 Å². The normalized spacial score (nSPS) is 17.0. The van der Waals surface area contributed by atoms with Crippen molar-refractivity contribution in [3.8, 4) is 10.6 Å². The van der Waals surface area contributed by atoms with Crippen LogP contribution < -0.4 is 11.1 Å². The number of rotatable bonds is 5. The standard InChI is InChI=1S/C20H28N6O2S/c1-11(2)20(4,5)17-22-9-8-13(24-17)15-12(3)23-18(29-15)25-19(28)26-10-6-7-14(26)16(21)27/h8-9,11,14H,6-7,10H2,1-5H3,(H2,21,27)(H,23,25,28). The molecule has 3 N–H and O–H groups in total. The molecule has 0 spiro atoms. The van der Waals surface area contributed by atoms with Crippen LogP contribution in [0.15, 0.2) is 12.3 Å². The van der Waals surface area contributed by atoms with Crippen molar-refractivity contribution < 1.29 is 9.59 Å². The number of nitrogens with zero attached hydrogens (tertiary/aromatic N) is 4. The number of hydrogen-bond donors (Lipinski definition) is 2. The van der Waals surface area contributed by atoms with E-state index in [1.807, 2.05) is 13.0 Å². The van der Waals surface area contributed by atoms with Crippen LogP contribution >= 0.6 is 11.3 Å². The third-order valence-electron chi connectivity index (χ3n) is 5.76. The van der Waals surface area contributed by atoms with Crippen molar-refractivity contribution in [1.82, 2.24) is 19.9 Å². The van der Waals surface area contributed by atoms with Crippen LogP contribution in [0.3, 0.4) is 0 Å². The molecule has 3 rings (SSSR count). The van der Waals surface area contributed by atoms with Crippen LogP contribution in [0.4, 0.5) is 9.93 Å². The summed E-state index contributed by atoms with van der Waals surface area (Å²) in [5.74, 6) is 0.688. The average Bonchev–Trinajstić information content (AvgIpc) is 3.28. The Kier molecular flexibility index (Phi) is 5.88. The van der Waals surface area contributed by atoms with Crippen molar-refractivity contribution in [2.24, 2.45) is 11.7 Å². The lowest BCUT2D eigenvalue weighted by atomic mass is 9.80. The molecular weight excluding hydrogens is 388 g/mol. The molecule has 3 amide bonds. The van der Waals surface area contributed by atoms with E-state index in [1.165, 1.54) is 16.2 Å². The van der Waals surface area contributed by atoms with Gasteiger partial charge in [-0.3, -0.25) is 10.1 Å². The summed E-state index contributed by atoms with van der Waals surface area (Å²) in [5, 5.41) is 3.28. The zero-order valence-corrected chi connectivity index (χ0v) is 18.3. The second-order valence-electron chi connectivity index (χ2n) is 8.26. The maximum Gasteiger partial charge on any atom is 0.324 e. The number of nitrogens with two attached hydrogens (primary N) is 1. The van der Waals surface area contributed by atoms with Crippen molar-refractivity contribution in [2.75, 3.05) is 11.9 Å². The molecule has 1 saturated heterocycles. The summed E-state index contributed by atoms with van der Waals surface area (Å²) in [6.45, 7) is 11.0. The van der Waals surface area contributed by atoms with Crippen LogP contribution in [0.2, 0.25) is 0 Å². The number of aryl methyl sites for hydroxylation is 1. The first-order valence-corrected chi connectivity index (χ1v) is 10.6. The number of carbonyl (C=O) groups excluding carboxylic acids is 2. The molecule has 1 aliphatic rings. The van der Waals surface area contributed by atoms with Gasteiger partial charge in [0.2, 0.25) is 5.91 Å². The summed E-state index contributed by atoms with van der Waals surface area (Å²) < 4.78 is 0. The largest absolute Gasteiger partial charge is 0.368 e. The first-order chi connectivity index (χ1) is 13.6. The van der Waals surface area contributed by atoms with Gasteiger partial charge in [0.25, 0.3) is 0 Å². The number of urea groups is 1. The molecule has 2 aromatic heterocycles. The molecule has 9 heteroatoms. The van der Waals surface area contributed by atoms with Crippen molar-refractivity contribution >= 4 is 28.4 Å². The zero-order valence-electron chi connectivity index (χ0n) is 17.5. The van der Waals surface area contributed by atoms with E-state index < -0.39 is 11.9 Å². The van der Waals surface area contributed by atoms with E-state index in [9.17, 15) is 9.59 Å². The summed E-state index contributed by atoms with van der Waals surface area (Å²) in [6.07, 6.45) is 3.12. The first-order valence-electron chi connectivity index (χ1n) is 9.79. The van der Waals surface area contributed by atoms with Crippen molar-refractivity contribution in [2.45, 2.75) is 58.9 Å². The SMILES string of the molecule is Cc1nc(NC(=O)N2CCCC2C(N)=O)sc1-c1ccnc(C(C)(C)C(C)C)n1. The van der Waals surface area contributed by atoms with E-state index in [0.29, 0.717) is 24.0 Å². The summed E-state index contributed by atoms with van der Waals surface area (Å²) >= 11 is 1.36. The summed E-state index contributed by atoms with van der Waals surface area (Å²) in [7, 11) is 0. The number of primary amides is 1. The van der Waals surface area contributed by atoms with Crippen molar-refractivity contribution in [3.05, 3.63) is 23.8 Å². The number of nitrogens with one attached hydrogen (secondary N) is 1. The fourth-order valence-electron chi connectivity index (χ4n) is 3.21. The number of thiazole rings is 1. The molecule has 1 aliphatic heterocycles. The quantitative estimate of drug-likeness (QED) is 0.776. The van der Waals surface area contributed by atoms with E-state index in [0.717, 1.165) is 28.5 Å². The predicted octanol–water partition coefficient (Wildman–Crippen LogP) is 3.32. The van der Waals surface area contributed by atoms with E-state index >= 15 is 0 Å². The molecular formula is C20H28N6O2S. The van der Waals surface area contributed by atoms with E-state index in [2.05, 4.69) is 43.0 Å². The van der Waals surface area contributed by atoms with Gasteiger partial charge in [0.15, 0.2) is 5.13 Å². The average molecular weight is 417 g/mol. The van der Waals surface area contributed by atoms with Gasteiger partial charge in [-0.25, -0.2) is 19.7 Å². The zero-order chi connectivity index (χ0) is 21.3. The molecule has 0 aromatic carbocycles. The lowest BCUT2D eigenvalue weighted by molar-refractivity contribution is -0.121. The van der Waals surface area contributed by atoms with Gasteiger partial charge in [0.05, 0.1) is 16.3 Å². The molecule has 0 bridgehead atoms. The second-order valence-corrected chi connectivity index (χ2v) is 9.26. The van der Waals surface area contributed by atoms with Gasteiger partial charge in [-0.05, 0) is 31.7 Å². The third kappa shape index (κ3) is 4.24. The first kappa shape index (κ1) is 21.2. The second kappa shape index (κ2) is 8.06. The van der Waals surface area contributed by atoms with E-state index in [4.69, 9.17) is 10.7 Å². The number of carbonyl (C=O) groups is 2. The number of hydrogen-bond acceptors (Lipinski definition) is 6. The predicted molar refractivity (Wildman–Crippen MR) is 114 cm³/mol. The number of aromatic nitrogens is 3. The number of amides is 3. The topological polar surface area (TPSA) is 114 Å². The molecule has 1 atom stereocenters. The fourth-order valence-corrected chi connectivity index (χ4v) is 4.14. The maximum atomic E-state index is 12.6. The van der Waals surface area contributed by atoms with E-state index in [1.54, 1.807) is 6.20 Å². The fraction of sp³-hybridized carbons (Fsp3) is 0.550. The highest BCUT2D eigenvalue weighted by Crippen LogP contribution is 2.34. The minimum absolute atomic E-state index is 0.162. The Labute approximate surface area is 174 Å². The Balaban J connectivity index is 1.83. The molecule has 29 heavy (non-hydrogen) atoms. The summed E-state index contributed by atoms with van der Waals surface area (Å²) in [6, 6.07) is 0.949. The number of likely N-dealkylation sites (tertiary alicyclic amines) is 1. The number of anilines is 1. The maximum absolute atomic E-state index is 12.6. The molecule has 2 aromatic rings. The molecule has 8 nitrogen and oxygen atoms in total. The molecule has 0 radical (unpaired) electrons. The Bertz CT molecular complexity index is 923. The molecule has 3 heterocycles. The van der Waals surface area contributed by atoms with Crippen LogP contribution in [0.25, 0.3) is 10.6 Å². The van der Waals surface area contributed by atoms with Gasteiger partial charge < -0.3 is 10.6 Å². The van der Waals surface area contributed by atoms with Crippen molar-refractivity contribution in [3.63, 3.8) is 0 Å². The molecule has 156 valence electrons. The third-order valence-corrected chi connectivity index (χ3v) is 6.86. The molecule has 1 unspecified atom stereocenters. The molecule has 1 fully saturated rings. The Morgan fingerprint density at radius 1 is 1.34 bits per heavy atom. The lowest BCUT2D eigenvalue weighted by Gasteiger charge is -2.27. The lowest BCUT2D eigenvalue weighted by Crippen LogP contribution is -2.45. The van der Waals surface area contributed by atoms with Gasteiger partial charge in [-0.2, -0.15) is 0 Å². The Morgan fingerprint density at radius 2 is 2.07 bits per heavy atom. The van der Waals surface area contributed by atoms with Crippen LogP contribution in [0.1, 0.15) is 52.1 Å². The van der Waals surface area contributed by atoms with Crippen molar-refractivity contribution in [1.29, 1.82) is 0 Å². The smallest absolute Gasteiger partial charge is 0.324 e. The molecule has 0 aliphatic carbocycles. The monoisotopic (exact) mass is 416 g/mol. The van der Waals surface area contributed by atoms with Gasteiger partial charge in [-0.15, -0.1) is 0 Å². The Morgan fingerprint density at radius 3 is 2.72 bits per heavy atom. The van der Waals surface area contributed by atoms with Gasteiger partial charge in [0, 0.05) is 18.2 Å². The Hall–Kier alpha value is -2.55. The highest BCUT2D eigenvalue weighted by atomic mass is 32.1. The minimum atomic E-state index is -0.557.